The molecule has 0 spiro atoms. The molecule has 2 aromatic rings. The SMILES string of the molecule is CCO[C@H]1Cc2cc(C(F)(F)F)ccc2[C@H]1N1CCN(C2(C)CCN(C(=O)c3c(C)ncnc3C)CC2)C[C@@H]1C.Cl.Cl. The molecule has 1 aromatic heterocycles. The van der Waals surface area contributed by atoms with Gasteiger partial charge in [0.15, 0.2) is 0 Å². The van der Waals surface area contributed by atoms with Gasteiger partial charge in [0.05, 0.1) is 34.7 Å². The van der Waals surface area contributed by atoms with Gasteiger partial charge in [-0.15, -0.1) is 24.8 Å². The molecule has 5 rings (SSSR count). The van der Waals surface area contributed by atoms with Crippen molar-refractivity contribution < 1.29 is 22.7 Å². The van der Waals surface area contributed by atoms with E-state index >= 15 is 0 Å². The number of alkyl halides is 3. The second-order valence-electron chi connectivity index (χ2n) is 11.8. The number of rotatable bonds is 5. The van der Waals surface area contributed by atoms with Gasteiger partial charge in [0, 0.05) is 57.3 Å². The smallest absolute Gasteiger partial charge is 0.376 e. The molecule has 1 aliphatic carbocycles. The number of hydrogen-bond donors (Lipinski definition) is 0. The Kier molecular flexibility index (Phi) is 11.0. The summed E-state index contributed by atoms with van der Waals surface area (Å²) in [5.41, 5.74) is 3.11. The van der Waals surface area contributed by atoms with Gasteiger partial charge in [-0.25, -0.2) is 9.97 Å². The normalized spacial score (nSPS) is 24.5. The van der Waals surface area contributed by atoms with Gasteiger partial charge in [0.25, 0.3) is 5.91 Å². The van der Waals surface area contributed by atoms with Crippen molar-refractivity contribution in [1.82, 2.24) is 24.7 Å². The first-order valence-electron chi connectivity index (χ1n) is 14.3. The van der Waals surface area contributed by atoms with Crippen molar-refractivity contribution in [3.63, 3.8) is 0 Å². The van der Waals surface area contributed by atoms with Crippen LogP contribution in [0.25, 0.3) is 0 Å². The number of hydrogen-bond acceptors (Lipinski definition) is 6. The average molecular weight is 633 g/mol. The zero-order valence-electron chi connectivity index (χ0n) is 24.9. The maximum absolute atomic E-state index is 13.4. The Labute approximate surface area is 259 Å². The van der Waals surface area contributed by atoms with Crippen molar-refractivity contribution in [2.45, 2.75) is 83.8 Å². The van der Waals surface area contributed by atoms with Crippen LogP contribution in [0.3, 0.4) is 0 Å². The van der Waals surface area contributed by atoms with Crippen LogP contribution < -0.4 is 0 Å². The predicted molar refractivity (Wildman–Crippen MR) is 161 cm³/mol. The average Bonchev–Trinajstić information content (AvgIpc) is 3.25. The van der Waals surface area contributed by atoms with E-state index in [0.29, 0.717) is 43.1 Å². The first-order chi connectivity index (χ1) is 18.9. The molecule has 0 radical (unpaired) electrons. The Morgan fingerprint density at radius 2 is 1.71 bits per heavy atom. The number of nitrogens with zero attached hydrogens (tertiary/aromatic N) is 5. The molecular formula is C30H42Cl2F3N5O2. The van der Waals surface area contributed by atoms with Crippen LogP contribution in [-0.4, -0.2) is 87.6 Å². The third-order valence-electron chi connectivity index (χ3n) is 9.31. The van der Waals surface area contributed by atoms with E-state index in [0.717, 1.165) is 43.6 Å². The molecule has 0 N–H and O–H groups in total. The number of piperazine rings is 1. The molecule has 7 nitrogen and oxygen atoms in total. The maximum Gasteiger partial charge on any atom is 0.416 e. The summed E-state index contributed by atoms with van der Waals surface area (Å²) in [4.78, 5) is 28.6. The molecule has 234 valence electrons. The van der Waals surface area contributed by atoms with Crippen LogP contribution in [0.1, 0.15) is 78.1 Å². The Hall–Kier alpha value is -1.98. The minimum Gasteiger partial charge on any atom is -0.376 e. The zero-order chi connectivity index (χ0) is 28.8. The molecule has 1 aromatic carbocycles. The van der Waals surface area contributed by atoms with Crippen molar-refractivity contribution >= 4 is 30.7 Å². The molecule has 12 heteroatoms. The number of benzene rings is 1. The largest absolute Gasteiger partial charge is 0.416 e. The van der Waals surface area contributed by atoms with E-state index in [4.69, 9.17) is 4.74 Å². The van der Waals surface area contributed by atoms with Gasteiger partial charge >= 0.3 is 6.18 Å². The molecule has 2 fully saturated rings. The molecule has 3 heterocycles. The maximum atomic E-state index is 13.4. The monoisotopic (exact) mass is 631 g/mol. The lowest BCUT2D eigenvalue weighted by Gasteiger charge is -2.53. The summed E-state index contributed by atoms with van der Waals surface area (Å²) in [5.74, 6) is 0.00591. The number of piperidine rings is 1. The van der Waals surface area contributed by atoms with Gasteiger partial charge in [0.1, 0.15) is 6.33 Å². The first kappa shape index (κ1) is 34.5. The summed E-state index contributed by atoms with van der Waals surface area (Å²) >= 11 is 0. The zero-order valence-corrected chi connectivity index (χ0v) is 26.5. The van der Waals surface area contributed by atoms with Gasteiger partial charge in [-0.05, 0) is 70.7 Å². The van der Waals surface area contributed by atoms with Crippen LogP contribution in [0.2, 0.25) is 0 Å². The summed E-state index contributed by atoms with van der Waals surface area (Å²) in [6.07, 6.45) is -0.754. The molecule has 0 bridgehead atoms. The lowest BCUT2D eigenvalue weighted by Crippen LogP contribution is -2.62. The summed E-state index contributed by atoms with van der Waals surface area (Å²) in [6, 6.07) is 4.33. The molecule has 0 saturated carbocycles. The highest BCUT2D eigenvalue weighted by Crippen LogP contribution is 2.43. The van der Waals surface area contributed by atoms with Gasteiger partial charge in [-0.2, -0.15) is 13.2 Å². The fourth-order valence-corrected chi connectivity index (χ4v) is 6.98. The minimum absolute atomic E-state index is 0. The number of likely N-dealkylation sites (tertiary alicyclic amines) is 1. The van der Waals surface area contributed by atoms with Crippen LogP contribution in [0.5, 0.6) is 0 Å². The first-order valence-corrected chi connectivity index (χ1v) is 14.3. The van der Waals surface area contributed by atoms with Crippen LogP contribution in [0.15, 0.2) is 24.5 Å². The Morgan fingerprint density at radius 3 is 2.29 bits per heavy atom. The number of halogens is 5. The number of fused-ring (bicyclic) bond motifs is 1. The molecule has 2 saturated heterocycles. The van der Waals surface area contributed by atoms with E-state index in [2.05, 4.69) is 33.6 Å². The van der Waals surface area contributed by atoms with E-state index in [1.165, 1.54) is 18.5 Å². The summed E-state index contributed by atoms with van der Waals surface area (Å²) in [6.45, 7) is 14.6. The fraction of sp³-hybridized carbons (Fsp3) is 0.633. The summed E-state index contributed by atoms with van der Waals surface area (Å²) in [5, 5.41) is 0. The van der Waals surface area contributed by atoms with Crippen LogP contribution >= 0.6 is 24.8 Å². The van der Waals surface area contributed by atoms with Gasteiger partial charge in [-0.1, -0.05) is 6.07 Å². The highest BCUT2D eigenvalue weighted by Gasteiger charge is 2.45. The molecule has 0 unspecified atom stereocenters. The second-order valence-corrected chi connectivity index (χ2v) is 11.8. The van der Waals surface area contributed by atoms with Crippen LogP contribution in [0, 0.1) is 13.8 Å². The fourth-order valence-electron chi connectivity index (χ4n) is 6.98. The lowest BCUT2D eigenvalue weighted by molar-refractivity contribution is -0.137. The number of aromatic nitrogens is 2. The van der Waals surface area contributed by atoms with Crippen molar-refractivity contribution in [3.05, 3.63) is 58.2 Å². The van der Waals surface area contributed by atoms with Crippen molar-refractivity contribution in [2.75, 3.05) is 39.3 Å². The number of amides is 1. The van der Waals surface area contributed by atoms with E-state index in [1.807, 2.05) is 25.7 Å². The number of carbonyl (C=O) groups is 1. The lowest BCUT2D eigenvalue weighted by atomic mass is 9.86. The molecule has 2 aliphatic heterocycles. The standard InChI is InChI=1S/C30H40F3N5O2.2ClH/c1-6-40-25-16-22-15-23(30(31,32)33)7-8-24(22)27(25)38-14-13-37(17-19(38)2)29(5)9-11-36(12-10-29)28(39)26-20(3)34-18-35-21(26)4;;/h7-8,15,18-19,25,27H,6,9-14,16-17H2,1-5H3;2*1H/t19-,25-,27+;;/m0../s1. The van der Waals surface area contributed by atoms with E-state index in [-0.39, 0.29) is 54.4 Å². The number of aryl methyl sites for hydroxylation is 2. The van der Waals surface area contributed by atoms with Gasteiger partial charge in [-0.3, -0.25) is 14.6 Å². The van der Waals surface area contributed by atoms with Crippen LogP contribution in [0.4, 0.5) is 13.2 Å². The summed E-state index contributed by atoms with van der Waals surface area (Å²) < 4.78 is 46.3. The van der Waals surface area contributed by atoms with Gasteiger partial charge in [0.2, 0.25) is 0 Å². The third-order valence-corrected chi connectivity index (χ3v) is 9.31. The van der Waals surface area contributed by atoms with Crippen molar-refractivity contribution in [3.8, 4) is 0 Å². The topological polar surface area (TPSA) is 61.8 Å². The van der Waals surface area contributed by atoms with Crippen molar-refractivity contribution in [1.29, 1.82) is 0 Å². The number of carbonyl (C=O) groups excluding carboxylic acids is 1. The molecule has 42 heavy (non-hydrogen) atoms. The van der Waals surface area contributed by atoms with Crippen molar-refractivity contribution in [2.24, 2.45) is 0 Å². The van der Waals surface area contributed by atoms with Crippen LogP contribution in [-0.2, 0) is 17.3 Å². The third kappa shape index (κ3) is 6.58. The number of ether oxygens (including phenoxy) is 1. The second kappa shape index (κ2) is 13.3. The van der Waals surface area contributed by atoms with E-state index < -0.39 is 11.7 Å². The molecule has 1 amide bonds. The highest BCUT2D eigenvalue weighted by molar-refractivity contribution is 5.96. The quantitative estimate of drug-likeness (QED) is 0.424. The molecule has 3 atom stereocenters. The predicted octanol–water partition coefficient (Wildman–Crippen LogP) is 5.66. The molecular weight excluding hydrogens is 590 g/mol. The van der Waals surface area contributed by atoms with E-state index in [1.54, 1.807) is 6.07 Å². The van der Waals surface area contributed by atoms with Gasteiger partial charge < -0.3 is 9.64 Å². The minimum atomic E-state index is -4.35. The Balaban J connectivity index is 0.00000242. The Bertz CT molecular complexity index is 1240. The Morgan fingerprint density at radius 1 is 1.07 bits per heavy atom. The summed E-state index contributed by atoms with van der Waals surface area (Å²) in [7, 11) is 0. The van der Waals surface area contributed by atoms with E-state index in [9.17, 15) is 18.0 Å². The molecule has 3 aliphatic rings. The highest BCUT2D eigenvalue weighted by atomic mass is 35.5.